The molecule has 1 aliphatic heterocycles. The van der Waals surface area contributed by atoms with Gasteiger partial charge in [-0.2, -0.15) is 0 Å². The van der Waals surface area contributed by atoms with Crippen LogP contribution in [0.4, 0.5) is 22.0 Å². The normalized spacial score (nSPS) is 25.6. The summed E-state index contributed by atoms with van der Waals surface area (Å²) >= 11 is 0. The Balaban J connectivity index is 1.18. The molecule has 7 heteroatoms. The first kappa shape index (κ1) is 31.1. The second-order valence-corrected chi connectivity index (χ2v) is 17.0. The van der Waals surface area contributed by atoms with Crippen LogP contribution in [0.25, 0.3) is 0 Å². The summed E-state index contributed by atoms with van der Waals surface area (Å²) in [6.07, 6.45) is 10.2. The molecule has 0 bridgehead atoms. The fourth-order valence-corrected chi connectivity index (χ4v) is 12.8. The van der Waals surface area contributed by atoms with Crippen LogP contribution in [0.15, 0.2) is 42.5 Å². The van der Waals surface area contributed by atoms with E-state index < -0.39 is 31.8 Å². The number of aryl methyl sites for hydroxylation is 1. The molecule has 0 radical (unpaired) electrons. The first-order chi connectivity index (χ1) is 19.2. The maximum atomic E-state index is 14.0. The number of alkyl halides is 3. The fourth-order valence-electron chi connectivity index (χ4n) is 7.53. The number of hydrogen-bond donors (Lipinski definition) is 0. The molecule has 2 aromatic carbocycles. The minimum absolute atomic E-state index is 0.371. The molecule has 1 saturated carbocycles. The molecule has 222 valence electrons. The molecule has 1 nitrogen and oxygen atoms in total. The third-order valence-electron chi connectivity index (χ3n) is 9.79. The van der Waals surface area contributed by atoms with Crippen LogP contribution >= 0.6 is 0 Å². The van der Waals surface area contributed by atoms with E-state index >= 15 is 0 Å². The van der Waals surface area contributed by atoms with E-state index in [2.05, 4.69) is 42.0 Å². The third kappa shape index (κ3) is 8.56. The minimum atomic E-state index is -5.12. The Kier molecular flexibility index (Phi) is 11.1. The molecule has 1 saturated heterocycles. The van der Waals surface area contributed by atoms with Crippen LogP contribution in [-0.4, -0.2) is 14.4 Å². The highest BCUT2D eigenvalue weighted by Gasteiger charge is 2.40. The van der Waals surface area contributed by atoms with Crippen molar-refractivity contribution in [1.29, 1.82) is 0 Å². The lowest BCUT2D eigenvalue weighted by Gasteiger charge is -2.43. The number of unbranched alkanes of at least 4 members (excludes halogenated alkanes) is 3. The number of benzene rings is 2. The summed E-state index contributed by atoms with van der Waals surface area (Å²) in [6, 6.07) is 17.7. The molecule has 1 aliphatic carbocycles. The first-order valence-corrected chi connectivity index (χ1v) is 18.1. The van der Waals surface area contributed by atoms with Gasteiger partial charge in [0.25, 0.3) is 0 Å². The molecular formula is C33H45F5OSi. The van der Waals surface area contributed by atoms with Crippen LogP contribution in [0.5, 0.6) is 5.75 Å². The molecule has 40 heavy (non-hydrogen) atoms. The van der Waals surface area contributed by atoms with Gasteiger partial charge in [0.1, 0.15) is 0 Å². The molecule has 0 unspecified atom stereocenters. The highest BCUT2D eigenvalue weighted by atomic mass is 28.3. The van der Waals surface area contributed by atoms with Crippen LogP contribution in [0.3, 0.4) is 0 Å². The molecule has 2 aliphatic rings. The van der Waals surface area contributed by atoms with E-state index in [-0.39, 0.29) is 0 Å². The predicted molar refractivity (Wildman–Crippen MR) is 155 cm³/mol. The van der Waals surface area contributed by atoms with Gasteiger partial charge in [0.15, 0.2) is 11.6 Å². The van der Waals surface area contributed by atoms with Crippen molar-refractivity contribution in [3.05, 3.63) is 59.7 Å². The van der Waals surface area contributed by atoms with Gasteiger partial charge in [-0.25, -0.2) is 8.78 Å². The van der Waals surface area contributed by atoms with E-state index in [0.29, 0.717) is 17.9 Å². The molecule has 4 rings (SSSR count). The molecule has 0 atom stereocenters. The maximum Gasteiger partial charge on any atom is 0.573 e. The zero-order chi connectivity index (χ0) is 28.6. The summed E-state index contributed by atoms with van der Waals surface area (Å²) in [7, 11) is -1.39. The van der Waals surface area contributed by atoms with Crippen LogP contribution in [0.1, 0.15) is 89.5 Å². The van der Waals surface area contributed by atoms with Crippen molar-refractivity contribution < 1.29 is 26.7 Å². The van der Waals surface area contributed by atoms with Crippen molar-refractivity contribution in [2.24, 2.45) is 17.8 Å². The highest BCUT2D eigenvalue weighted by Crippen LogP contribution is 2.45. The Hall–Kier alpha value is -1.89. The van der Waals surface area contributed by atoms with Gasteiger partial charge >= 0.3 is 6.36 Å². The predicted octanol–water partition coefficient (Wildman–Crippen LogP) is 10.3. The van der Waals surface area contributed by atoms with Crippen LogP contribution in [-0.2, 0) is 6.42 Å². The van der Waals surface area contributed by atoms with Crippen LogP contribution in [0.2, 0.25) is 18.1 Å². The van der Waals surface area contributed by atoms with Gasteiger partial charge < -0.3 is 4.74 Å². The van der Waals surface area contributed by atoms with Gasteiger partial charge in [0, 0.05) is 0 Å². The minimum Gasteiger partial charge on any atom is -0.399 e. The van der Waals surface area contributed by atoms with Gasteiger partial charge in [0.05, 0.1) is 8.07 Å². The molecule has 2 aromatic rings. The Morgan fingerprint density at radius 3 is 2.02 bits per heavy atom. The van der Waals surface area contributed by atoms with Crippen molar-refractivity contribution in [2.75, 3.05) is 0 Å². The van der Waals surface area contributed by atoms with E-state index in [0.717, 1.165) is 43.2 Å². The molecule has 1 heterocycles. The Morgan fingerprint density at radius 1 is 0.800 bits per heavy atom. The van der Waals surface area contributed by atoms with Crippen molar-refractivity contribution in [3.63, 3.8) is 0 Å². The fraction of sp³-hybridized carbons (Fsp3) is 0.636. The average molecular weight is 581 g/mol. The quantitative estimate of drug-likeness (QED) is 0.138. The van der Waals surface area contributed by atoms with Crippen molar-refractivity contribution in [3.8, 4) is 5.75 Å². The van der Waals surface area contributed by atoms with Crippen LogP contribution < -0.4 is 9.92 Å². The molecular weight excluding hydrogens is 535 g/mol. The largest absolute Gasteiger partial charge is 0.573 e. The summed E-state index contributed by atoms with van der Waals surface area (Å²) in [6.45, 7) is 2.30. The van der Waals surface area contributed by atoms with E-state index in [9.17, 15) is 22.0 Å². The smallest absolute Gasteiger partial charge is 0.399 e. The number of hydrogen-bond acceptors (Lipinski definition) is 1. The zero-order valence-corrected chi connectivity index (χ0v) is 24.9. The van der Waals surface area contributed by atoms with Gasteiger partial charge in [-0.15, -0.1) is 13.2 Å². The summed E-state index contributed by atoms with van der Waals surface area (Å²) in [5.41, 5.74) is 0.371. The van der Waals surface area contributed by atoms with Crippen molar-refractivity contribution in [1.82, 2.24) is 0 Å². The number of rotatable bonds is 12. The van der Waals surface area contributed by atoms with Crippen LogP contribution in [0, 0.1) is 29.4 Å². The second-order valence-electron chi connectivity index (χ2n) is 12.4. The van der Waals surface area contributed by atoms with Gasteiger partial charge in [-0.1, -0.05) is 118 Å². The molecule has 0 aromatic heterocycles. The van der Waals surface area contributed by atoms with Gasteiger partial charge in [0.2, 0.25) is 5.75 Å². The van der Waals surface area contributed by atoms with E-state index in [1.54, 1.807) is 5.19 Å². The average Bonchev–Trinajstić information content (AvgIpc) is 2.94. The highest BCUT2D eigenvalue weighted by molar-refractivity contribution is 6.92. The van der Waals surface area contributed by atoms with Gasteiger partial charge in [-0.05, 0) is 61.1 Å². The Morgan fingerprint density at radius 2 is 1.43 bits per heavy atom. The lowest BCUT2D eigenvalue weighted by molar-refractivity contribution is -0.276. The lowest BCUT2D eigenvalue weighted by Crippen LogP contribution is -2.50. The topological polar surface area (TPSA) is 9.23 Å². The first-order valence-electron chi connectivity index (χ1n) is 15.5. The zero-order valence-electron chi connectivity index (χ0n) is 23.9. The van der Waals surface area contributed by atoms with E-state index in [4.69, 9.17) is 0 Å². The summed E-state index contributed by atoms with van der Waals surface area (Å²) in [5.74, 6) is -1.54. The molecule has 0 amide bonds. The van der Waals surface area contributed by atoms with E-state index in [1.165, 1.54) is 75.9 Å². The molecule has 0 spiro atoms. The summed E-state index contributed by atoms with van der Waals surface area (Å²) < 4.78 is 68.5. The molecule has 2 fully saturated rings. The third-order valence-corrected chi connectivity index (χ3v) is 15.2. The molecule has 0 N–H and O–H groups in total. The maximum absolute atomic E-state index is 14.0. The number of halogens is 5. The van der Waals surface area contributed by atoms with Gasteiger partial charge in [-0.3, -0.25) is 0 Å². The van der Waals surface area contributed by atoms with Crippen molar-refractivity contribution in [2.45, 2.75) is 115 Å². The second kappa shape index (κ2) is 14.3. The monoisotopic (exact) mass is 580 g/mol. The van der Waals surface area contributed by atoms with Crippen molar-refractivity contribution >= 4 is 13.3 Å². The Bertz CT molecular complexity index is 1020. The van der Waals surface area contributed by atoms with E-state index in [1.807, 2.05) is 0 Å². The standard InChI is InChI=1S/C33H45F5OSi/c1-2-3-9-20-40(29-12-5-4-6-13-29)21-18-28(19-22-40)27-16-14-25(15-17-27)10-7-8-11-26-23-30(34)32(31(35)24-26)39-33(36,37)38/h4-6,12-13,23-25,27-28H,2-3,7-11,14-22H2,1H3. The SMILES string of the molecule is CCCCC[Si]1(c2ccccc2)CCC(C2CCC(CCCCc3cc(F)c(OC(F)(F)F)c(F)c3)CC2)CC1. The number of ether oxygens (including phenoxy) is 1. The summed E-state index contributed by atoms with van der Waals surface area (Å²) in [4.78, 5) is 0. The summed E-state index contributed by atoms with van der Waals surface area (Å²) in [5, 5.41) is 1.68. The Labute approximate surface area is 237 Å². The lowest BCUT2D eigenvalue weighted by atomic mass is 9.73.